The zero-order valence-electron chi connectivity index (χ0n) is 32.1. The van der Waals surface area contributed by atoms with Gasteiger partial charge in [-0.15, -0.1) is 0 Å². The molecule has 0 saturated heterocycles. The lowest BCUT2D eigenvalue weighted by atomic mass is 10.1. The zero-order valence-corrected chi connectivity index (χ0v) is 45.1. The number of anilines is 2. The van der Waals surface area contributed by atoms with Crippen molar-refractivity contribution < 1.29 is 74.4 Å². The predicted octanol–water partition coefficient (Wildman–Crippen LogP) is -1.71. The summed E-state index contributed by atoms with van der Waals surface area (Å²) in [5, 5.41) is 86.5. The SMILES string of the molecule is COC(C(=O)N(C)c1c(I)c(C(=O)NCC(O)CO)c(I)c(C(=O)NCC(O)CO)c1I)C(=O)N(C)c1c(I)c(C(=O)NCC(O)CO)c(I)c(C(=O)NCC(O)CO)c1I. The largest absolute Gasteiger partial charge is 0.394 e. The summed E-state index contributed by atoms with van der Waals surface area (Å²) in [7, 11) is 3.59. The third-order valence-corrected chi connectivity index (χ3v) is 14.7. The van der Waals surface area contributed by atoms with Gasteiger partial charge in [-0.25, -0.2) is 0 Å². The van der Waals surface area contributed by atoms with Gasteiger partial charge in [-0.05, 0) is 136 Å². The van der Waals surface area contributed by atoms with Gasteiger partial charge >= 0.3 is 0 Å². The molecule has 0 bridgehead atoms. The molecule has 2 aromatic rings. The molecule has 21 nitrogen and oxygen atoms in total. The minimum Gasteiger partial charge on any atom is -0.394 e. The van der Waals surface area contributed by atoms with Gasteiger partial charge in [0.2, 0.25) is 6.10 Å². The van der Waals surface area contributed by atoms with Crippen LogP contribution in [0, 0.1) is 21.4 Å². The van der Waals surface area contributed by atoms with Gasteiger partial charge in [0.15, 0.2) is 0 Å². The molecular formula is C34H42I6N6O15. The Hall–Kier alpha value is -0.720. The van der Waals surface area contributed by atoms with E-state index in [1.54, 1.807) is 136 Å². The molecule has 0 aliphatic heterocycles. The quantitative estimate of drug-likeness (QED) is 0.0489. The Morgan fingerprint density at radius 1 is 0.475 bits per heavy atom. The molecule has 6 amide bonds. The van der Waals surface area contributed by atoms with Crippen molar-refractivity contribution in [3.05, 3.63) is 43.7 Å². The molecule has 27 heteroatoms. The van der Waals surface area contributed by atoms with Crippen molar-refractivity contribution in [1.82, 2.24) is 21.3 Å². The van der Waals surface area contributed by atoms with Gasteiger partial charge < -0.3 is 76.7 Å². The number of aliphatic hydroxyl groups excluding tert-OH is 8. The molecule has 12 N–H and O–H groups in total. The van der Waals surface area contributed by atoms with Gasteiger partial charge in [0, 0.05) is 54.5 Å². The predicted molar refractivity (Wildman–Crippen MR) is 269 cm³/mol. The van der Waals surface area contributed by atoms with Crippen LogP contribution in [-0.2, 0) is 14.3 Å². The van der Waals surface area contributed by atoms with E-state index in [0.29, 0.717) is 0 Å². The third kappa shape index (κ3) is 14.1. The first-order valence-electron chi connectivity index (χ1n) is 17.3. The molecule has 0 fully saturated rings. The molecule has 0 aromatic heterocycles. The van der Waals surface area contributed by atoms with Crippen molar-refractivity contribution in [3.8, 4) is 0 Å². The van der Waals surface area contributed by atoms with Crippen molar-refractivity contribution in [2.75, 3.05) is 83.6 Å². The van der Waals surface area contributed by atoms with Crippen LogP contribution in [0.2, 0.25) is 0 Å². The molecule has 0 aliphatic carbocycles. The van der Waals surface area contributed by atoms with E-state index in [-0.39, 0.29) is 81.2 Å². The van der Waals surface area contributed by atoms with Gasteiger partial charge in [0.05, 0.1) is 98.8 Å². The molecule has 4 atom stereocenters. The average molecular weight is 1540 g/mol. The molecular weight excluding hydrogens is 1490 g/mol. The number of carbonyl (C=O) groups is 6. The van der Waals surface area contributed by atoms with E-state index >= 15 is 0 Å². The van der Waals surface area contributed by atoms with Crippen molar-refractivity contribution in [1.29, 1.82) is 0 Å². The van der Waals surface area contributed by atoms with E-state index < -0.39 is 92.4 Å². The fourth-order valence-electron chi connectivity index (χ4n) is 5.02. The zero-order chi connectivity index (χ0) is 46.6. The fourth-order valence-corrected chi connectivity index (χ4v) is 14.8. The summed E-state index contributed by atoms with van der Waals surface area (Å²) in [4.78, 5) is 85.2. The van der Waals surface area contributed by atoms with Crippen LogP contribution < -0.4 is 31.1 Å². The van der Waals surface area contributed by atoms with E-state index in [2.05, 4.69) is 21.3 Å². The first-order chi connectivity index (χ1) is 28.6. The molecule has 61 heavy (non-hydrogen) atoms. The molecule has 0 aliphatic rings. The Kier molecular flexibility index (Phi) is 24.4. The monoisotopic (exact) mass is 1540 g/mol. The normalized spacial score (nSPS) is 13.7. The maximum atomic E-state index is 14.4. The number of methoxy groups -OCH3 is 1. The highest BCUT2D eigenvalue weighted by molar-refractivity contribution is 14.1. The van der Waals surface area contributed by atoms with Gasteiger partial charge in [0.25, 0.3) is 35.4 Å². The summed E-state index contributed by atoms with van der Waals surface area (Å²) < 4.78 is 6.13. The van der Waals surface area contributed by atoms with Gasteiger partial charge in [-0.2, -0.15) is 0 Å². The lowest BCUT2D eigenvalue weighted by Crippen LogP contribution is -2.49. The van der Waals surface area contributed by atoms with E-state index in [1.807, 2.05) is 0 Å². The molecule has 4 unspecified atom stereocenters. The number of amides is 6. The molecule has 0 saturated carbocycles. The minimum absolute atomic E-state index is 0.0312. The van der Waals surface area contributed by atoms with Crippen LogP contribution in [-0.4, -0.2) is 181 Å². The summed E-state index contributed by atoms with van der Waals surface area (Å²) >= 11 is 10.6. The summed E-state index contributed by atoms with van der Waals surface area (Å²) in [6, 6.07) is 0. The lowest BCUT2D eigenvalue weighted by Gasteiger charge is -2.30. The minimum atomic E-state index is -1.95. The highest BCUT2D eigenvalue weighted by atomic mass is 127. The van der Waals surface area contributed by atoms with E-state index in [4.69, 9.17) is 4.74 Å². The van der Waals surface area contributed by atoms with Crippen LogP contribution in [0.3, 0.4) is 0 Å². The molecule has 0 radical (unpaired) electrons. The van der Waals surface area contributed by atoms with Gasteiger partial charge in [-0.3, -0.25) is 28.8 Å². The molecule has 2 aromatic carbocycles. The number of nitrogens with one attached hydrogen (secondary N) is 4. The number of benzene rings is 2. The summed E-state index contributed by atoms with van der Waals surface area (Å²) in [5.41, 5.74) is -0.546. The van der Waals surface area contributed by atoms with Crippen molar-refractivity contribution in [2.24, 2.45) is 0 Å². The van der Waals surface area contributed by atoms with Gasteiger partial charge in [-0.1, -0.05) is 0 Å². The maximum Gasteiger partial charge on any atom is 0.265 e. The topological polar surface area (TPSA) is 328 Å². The maximum absolute atomic E-state index is 14.4. The molecule has 0 heterocycles. The number of carbonyl (C=O) groups excluding carboxylic acids is 6. The highest BCUT2D eigenvalue weighted by Gasteiger charge is 2.39. The van der Waals surface area contributed by atoms with E-state index in [1.165, 1.54) is 14.1 Å². The van der Waals surface area contributed by atoms with Crippen molar-refractivity contribution in [2.45, 2.75) is 30.5 Å². The van der Waals surface area contributed by atoms with Crippen LogP contribution in [0.1, 0.15) is 41.4 Å². The Balaban J connectivity index is 2.82. The number of hydrogen-bond acceptors (Lipinski definition) is 15. The standard InChI is InChI=1S/C34H42I6N6O15/c1-45(26-22(37)16(29(55)41-4-12(51)8-47)20(35)17(23(26)38)30(56)42-5-13(52)9-48)33(59)28(61-3)34(60)46(2)27-24(39)18(31(57)43-6-14(53)10-49)21(36)19(25(27)40)32(58)44-7-15(54)11-50/h12-15,28,47-54H,4-11H2,1-3H3,(H,41,55)(H,42,56)(H,43,57)(H,44,58). The van der Waals surface area contributed by atoms with Crippen LogP contribution in [0.25, 0.3) is 0 Å². The fraction of sp³-hybridized carbons (Fsp3) is 0.471. The van der Waals surface area contributed by atoms with Crippen molar-refractivity contribution in [3.63, 3.8) is 0 Å². The second-order valence-electron chi connectivity index (χ2n) is 12.7. The van der Waals surface area contributed by atoms with E-state index in [0.717, 1.165) is 16.9 Å². The second-order valence-corrected chi connectivity index (χ2v) is 19.1. The molecule has 340 valence electrons. The van der Waals surface area contributed by atoms with Crippen LogP contribution in [0.5, 0.6) is 0 Å². The Morgan fingerprint density at radius 2 is 0.689 bits per heavy atom. The van der Waals surface area contributed by atoms with Gasteiger partial charge in [0.1, 0.15) is 0 Å². The second kappa shape index (κ2) is 26.4. The molecule has 2 rings (SSSR count). The number of likely N-dealkylation sites (N-methyl/N-ethyl adjacent to an activating group) is 2. The summed E-state index contributed by atoms with van der Waals surface area (Å²) in [6.07, 6.45) is -7.25. The van der Waals surface area contributed by atoms with E-state index in [9.17, 15) is 69.6 Å². The number of rotatable bonds is 21. The Morgan fingerprint density at radius 3 is 0.869 bits per heavy atom. The Bertz CT molecular complexity index is 1740. The third-order valence-electron chi connectivity index (χ3n) is 8.35. The lowest BCUT2D eigenvalue weighted by molar-refractivity contribution is -0.139. The number of ether oxygens (including phenoxy) is 1. The van der Waals surface area contributed by atoms with Crippen LogP contribution in [0.15, 0.2) is 0 Å². The number of halogens is 6. The first kappa shape index (κ1) is 56.4. The highest BCUT2D eigenvalue weighted by Crippen LogP contribution is 2.40. The number of hydrogen-bond donors (Lipinski definition) is 12. The summed E-state index contributed by atoms with van der Waals surface area (Å²) in [5.74, 6) is -5.23. The van der Waals surface area contributed by atoms with Crippen LogP contribution >= 0.6 is 136 Å². The molecule has 0 spiro atoms. The average Bonchev–Trinajstić information content (AvgIpc) is 3.22. The van der Waals surface area contributed by atoms with Crippen molar-refractivity contribution >= 4 is 182 Å². The Labute approximate surface area is 430 Å². The smallest absolute Gasteiger partial charge is 0.265 e. The van der Waals surface area contributed by atoms with Crippen LogP contribution in [0.4, 0.5) is 11.4 Å². The summed E-state index contributed by atoms with van der Waals surface area (Å²) in [6.45, 7) is -4.20. The number of nitrogens with zero attached hydrogens (tertiary/aromatic N) is 2. The number of aliphatic hydroxyl groups is 8. The first-order valence-corrected chi connectivity index (χ1v) is 23.8.